The lowest BCUT2D eigenvalue weighted by Gasteiger charge is -2.38. The molecular weight excluding hydrogens is 540 g/mol. The van der Waals surface area contributed by atoms with E-state index in [1.165, 1.54) is 46.8 Å². The third-order valence-corrected chi connectivity index (χ3v) is 6.95. The van der Waals surface area contributed by atoms with Crippen LogP contribution in [-0.4, -0.2) is 40.0 Å². The second kappa shape index (κ2) is 10.6. The molecule has 7 nitrogen and oxygen atoms in total. The Morgan fingerprint density at radius 1 is 0.976 bits per heavy atom. The Labute approximate surface area is 232 Å². The van der Waals surface area contributed by atoms with Crippen LogP contribution in [0.25, 0.3) is 5.69 Å². The number of benzene rings is 3. The van der Waals surface area contributed by atoms with E-state index >= 15 is 0 Å². The molecule has 2 atom stereocenters. The van der Waals surface area contributed by atoms with Crippen molar-refractivity contribution < 1.29 is 31.9 Å². The van der Waals surface area contributed by atoms with Crippen molar-refractivity contribution in [2.45, 2.75) is 32.0 Å². The average Bonchev–Trinajstić information content (AvgIpc) is 3.34. The number of anilines is 1. The monoisotopic (exact) mass is 564 g/mol. The minimum atomic E-state index is -4.68. The first kappa shape index (κ1) is 27.8. The molecule has 0 bridgehead atoms. The fourth-order valence-electron chi connectivity index (χ4n) is 5.10. The molecule has 41 heavy (non-hydrogen) atoms. The first-order chi connectivity index (χ1) is 19.5. The molecule has 11 heteroatoms. The van der Waals surface area contributed by atoms with Gasteiger partial charge in [-0.3, -0.25) is 19.3 Å². The number of Topliss-reactive ketones (excluding diaryl/α,β-unsaturated/α-hetero) is 1. The zero-order valence-corrected chi connectivity index (χ0v) is 21.9. The van der Waals surface area contributed by atoms with Crippen LogP contribution >= 0.6 is 0 Å². The molecule has 0 radical (unpaired) electrons. The normalized spacial score (nSPS) is 16.8. The molecule has 0 spiro atoms. The summed E-state index contributed by atoms with van der Waals surface area (Å²) in [5, 5.41) is 7.17. The van der Waals surface area contributed by atoms with Crippen LogP contribution in [0.1, 0.15) is 57.3 Å². The first-order valence-corrected chi connectivity index (χ1v) is 12.8. The van der Waals surface area contributed by atoms with Crippen LogP contribution in [0.2, 0.25) is 0 Å². The van der Waals surface area contributed by atoms with E-state index in [0.717, 1.165) is 12.1 Å². The maximum Gasteiger partial charge on any atom is 0.416 e. The van der Waals surface area contributed by atoms with Crippen LogP contribution in [0.5, 0.6) is 0 Å². The van der Waals surface area contributed by atoms with Gasteiger partial charge in [-0.1, -0.05) is 36.4 Å². The molecular formula is C30H24F4N4O3. The van der Waals surface area contributed by atoms with E-state index in [9.17, 15) is 31.9 Å². The number of carbonyl (C=O) groups is 3. The van der Waals surface area contributed by atoms with E-state index < -0.39 is 47.1 Å². The molecule has 0 fully saturated rings. The van der Waals surface area contributed by atoms with Gasteiger partial charge in [0.25, 0.3) is 11.8 Å². The quantitative estimate of drug-likeness (QED) is 0.247. The number of nitrogens with zero attached hydrogens (tertiary/aromatic N) is 3. The Morgan fingerprint density at radius 2 is 1.66 bits per heavy atom. The summed E-state index contributed by atoms with van der Waals surface area (Å²) < 4.78 is 55.4. The molecule has 2 unspecified atom stereocenters. The Hall–Kier alpha value is -4.80. The van der Waals surface area contributed by atoms with Gasteiger partial charge in [0, 0.05) is 30.5 Å². The Morgan fingerprint density at radius 3 is 2.27 bits per heavy atom. The SMILES string of the molecule is CCN1C(=O)C(NC(=O)c2cccc(C(F)(F)F)c2)C(c2ccc(F)cc2)c2c(C(C)=O)nn(-c3ccccc3)c21. The van der Waals surface area contributed by atoms with Crippen LogP contribution < -0.4 is 10.2 Å². The van der Waals surface area contributed by atoms with Crippen molar-refractivity contribution in [1.82, 2.24) is 15.1 Å². The molecule has 0 saturated carbocycles. The Kier molecular flexibility index (Phi) is 7.20. The van der Waals surface area contributed by atoms with Gasteiger partial charge in [0.1, 0.15) is 23.4 Å². The lowest BCUT2D eigenvalue weighted by Crippen LogP contribution is -2.55. The number of fused-ring (bicyclic) bond motifs is 1. The predicted molar refractivity (Wildman–Crippen MR) is 143 cm³/mol. The Bertz CT molecular complexity index is 1630. The van der Waals surface area contributed by atoms with Crippen molar-refractivity contribution in [1.29, 1.82) is 0 Å². The number of likely N-dealkylation sites (N-methyl/N-ethyl adjacent to an activating group) is 1. The number of aromatic nitrogens is 2. The van der Waals surface area contributed by atoms with Crippen molar-refractivity contribution >= 4 is 23.4 Å². The molecule has 0 aliphatic carbocycles. The molecule has 1 aromatic heterocycles. The topological polar surface area (TPSA) is 84.3 Å². The zero-order chi connectivity index (χ0) is 29.5. The average molecular weight is 565 g/mol. The summed E-state index contributed by atoms with van der Waals surface area (Å²) in [4.78, 5) is 41.7. The lowest BCUT2D eigenvalue weighted by molar-refractivity contribution is -0.137. The summed E-state index contributed by atoms with van der Waals surface area (Å²) in [5.41, 5.74) is 0.0426. The van der Waals surface area contributed by atoms with Crippen molar-refractivity contribution in [3.63, 3.8) is 0 Å². The maximum atomic E-state index is 14.1. The predicted octanol–water partition coefficient (Wildman–Crippen LogP) is 5.53. The fraction of sp³-hybridized carbons (Fsp3) is 0.200. The van der Waals surface area contributed by atoms with Crippen LogP contribution in [0.3, 0.4) is 0 Å². The van der Waals surface area contributed by atoms with Crippen LogP contribution in [0.4, 0.5) is 23.4 Å². The van der Waals surface area contributed by atoms with Gasteiger partial charge >= 0.3 is 6.18 Å². The number of hydrogen-bond donors (Lipinski definition) is 1. The molecule has 2 amide bonds. The molecule has 0 saturated heterocycles. The summed E-state index contributed by atoms with van der Waals surface area (Å²) >= 11 is 0. The molecule has 210 valence electrons. The fourth-order valence-corrected chi connectivity index (χ4v) is 5.10. The molecule has 1 aliphatic rings. The maximum absolute atomic E-state index is 14.1. The Balaban J connectivity index is 1.70. The third-order valence-electron chi connectivity index (χ3n) is 6.95. The number of amides is 2. The van der Waals surface area contributed by atoms with E-state index in [2.05, 4.69) is 10.4 Å². The van der Waals surface area contributed by atoms with Gasteiger partial charge in [-0.05, 0) is 55.0 Å². The number of alkyl halides is 3. The second-order valence-corrected chi connectivity index (χ2v) is 9.53. The minimum absolute atomic E-state index is 0.0439. The summed E-state index contributed by atoms with van der Waals surface area (Å²) in [6.07, 6.45) is -4.68. The van der Waals surface area contributed by atoms with Gasteiger partial charge in [0.05, 0.1) is 11.3 Å². The van der Waals surface area contributed by atoms with Crippen LogP contribution in [0, 0.1) is 5.82 Å². The lowest BCUT2D eigenvalue weighted by atomic mass is 9.80. The van der Waals surface area contributed by atoms with E-state index in [0.29, 0.717) is 28.7 Å². The van der Waals surface area contributed by atoms with Crippen molar-refractivity contribution in [2.75, 3.05) is 11.4 Å². The second-order valence-electron chi connectivity index (χ2n) is 9.53. The van der Waals surface area contributed by atoms with Crippen molar-refractivity contribution in [2.24, 2.45) is 0 Å². The minimum Gasteiger partial charge on any atom is -0.339 e. The molecule has 4 aromatic rings. The number of ketones is 1. The molecule has 1 N–H and O–H groups in total. The standard InChI is InChI=1S/C30H24F4N4O3/c1-3-37-28-24(25(17(2)39)36-38(28)22-10-5-4-6-11-22)23(18-12-14-21(31)15-13-18)26(29(37)41)35-27(40)19-8-7-9-20(16-19)30(32,33)34/h4-16,23,26H,3H2,1-2H3,(H,35,40). The van der Waals surface area contributed by atoms with Crippen molar-refractivity contribution in [3.05, 3.63) is 113 Å². The third kappa shape index (κ3) is 5.10. The number of nitrogens with one attached hydrogen (secondary N) is 1. The van der Waals surface area contributed by atoms with Gasteiger partial charge in [-0.25, -0.2) is 9.07 Å². The van der Waals surface area contributed by atoms with E-state index in [-0.39, 0.29) is 17.8 Å². The van der Waals surface area contributed by atoms with Gasteiger partial charge in [-0.2, -0.15) is 18.3 Å². The largest absolute Gasteiger partial charge is 0.416 e. The number of carbonyl (C=O) groups excluding carboxylic acids is 3. The van der Waals surface area contributed by atoms with Gasteiger partial charge in [0.15, 0.2) is 5.78 Å². The summed E-state index contributed by atoms with van der Waals surface area (Å²) in [5.74, 6) is -3.12. The summed E-state index contributed by atoms with van der Waals surface area (Å²) in [6.45, 7) is 3.16. The molecule has 2 heterocycles. The van der Waals surface area contributed by atoms with Gasteiger partial charge < -0.3 is 5.32 Å². The highest BCUT2D eigenvalue weighted by molar-refractivity contribution is 6.07. The number of halogens is 4. The summed E-state index contributed by atoms with van der Waals surface area (Å²) in [7, 11) is 0. The zero-order valence-electron chi connectivity index (χ0n) is 21.9. The molecule has 5 rings (SSSR count). The first-order valence-electron chi connectivity index (χ1n) is 12.8. The molecule has 1 aliphatic heterocycles. The summed E-state index contributed by atoms with van der Waals surface area (Å²) in [6, 6.07) is 16.6. The van der Waals surface area contributed by atoms with Crippen molar-refractivity contribution in [3.8, 4) is 5.69 Å². The van der Waals surface area contributed by atoms with Crippen LogP contribution in [-0.2, 0) is 11.0 Å². The highest BCUT2D eigenvalue weighted by Gasteiger charge is 2.47. The van der Waals surface area contributed by atoms with Gasteiger partial charge in [-0.15, -0.1) is 0 Å². The number of rotatable bonds is 6. The smallest absolute Gasteiger partial charge is 0.339 e. The number of hydrogen-bond acceptors (Lipinski definition) is 4. The molecule has 3 aromatic carbocycles. The van der Waals surface area contributed by atoms with E-state index in [1.807, 2.05) is 0 Å². The highest BCUT2D eigenvalue weighted by atomic mass is 19.4. The van der Waals surface area contributed by atoms with E-state index in [4.69, 9.17) is 0 Å². The highest BCUT2D eigenvalue weighted by Crippen LogP contribution is 2.44. The van der Waals surface area contributed by atoms with E-state index in [1.54, 1.807) is 37.3 Å². The number of para-hydroxylation sites is 1. The van der Waals surface area contributed by atoms with Crippen LogP contribution in [0.15, 0.2) is 78.9 Å². The van der Waals surface area contributed by atoms with Gasteiger partial charge in [0.2, 0.25) is 0 Å².